The van der Waals surface area contributed by atoms with Crippen molar-refractivity contribution in [1.82, 2.24) is 4.57 Å². The molecule has 0 bridgehead atoms. The largest absolute Gasteiger partial charge is 0.477 e. The quantitative estimate of drug-likeness (QED) is 0.795. The summed E-state index contributed by atoms with van der Waals surface area (Å²) in [5.41, 5.74) is 0.248. The van der Waals surface area contributed by atoms with Crippen LogP contribution in [0, 0.1) is 0 Å². The van der Waals surface area contributed by atoms with Crippen LogP contribution in [0.3, 0.4) is 0 Å². The summed E-state index contributed by atoms with van der Waals surface area (Å²) >= 11 is 0. The zero-order valence-electron chi connectivity index (χ0n) is 7.97. The molecule has 0 saturated heterocycles. The molecule has 1 rings (SSSR count). The summed E-state index contributed by atoms with van der Waals surface area (Å²) < 4.78 is 12.7. The normalized spacial score (nSPS) is 12.6. The van der Waals surface area contributed by atoms with Gasteiger partial charge in [0.25, 0.3) is 0 Å². The number of hydrogen-bond donors (Lipinski definition) is 1. The van der Waals surface area contributed by atoms with E-state index < -0.39 is 16.8 Å². The molecule has 1 unspecified atom stereocenters. The summed E-state index contributed by atoms with van der Waals surface area (Å²) in [6.07, 6.45) is 1.69. The number of aromatic carboxylic acids is 1. The fourth-order valence-electron chi connectivity index (χ4n) is 1.15. The molecular formula is C9H13NO3S. The average Bonchev–Trinajstić information content (AvgIpc) is 2.62. The van der Waals surface area contributed by atoms with Gasteiger partial charge in [-0.05, 0) is 12.1 Å². The molecule has 0 aliphatic carbocycles. The van der Waals surface area contributed by atoms with Crippen LogP contribution in [-0.4, -0.2) is 31.4 Å². The van der Waals surface area contributed by atoms with E-state index in [-0.39, 0.29) is 5.69 Å². The van der Waals surface area contributed by atoms with Gasteiger partial charge in [-0.2, -0.15) is 0 Å². The second-order valence-electron chi connectivity index (χ2n) is 2.82. The Hall–Kier alpha value is -1.10. The van der Waals surface area contributed by atoms with Crippen molar-refractivity contribution in [1.29, 1.82) is 0 Å². The van der Waals surface area contributed by atoms with Gasteiger partial charge >= 0.3 is 5.97 Å². The molecule has 0 spiro atoms. The van der Waals surface area contributed by atoms with E-state index in [1.807, 2.05) is 6.92 Å². The lowest BCUT2D eigenvalue weighted by molar-refractivity contribution is 0.0685. The van der Waals surface area contributed by atoms with Crippen LogP contribution in [0.4, 0.5) is 0 Å². The molecule has 0 aliphatic heterocycles. The van der Waals surface area contributed by atoms with Crippen molar-refractivity contribution in [3.05, 3.63) is 24.0 Å². The number of nitrogens with zero attached hydrogens (tertiary/aromatic N) is 1. The van der Waals surface area contributed by atoms with Crippen LogP contribution in [0.15, 0.2) is 18.3 Å². The summed E-state index contributed by atoms with van der Waals surface area (Å²) in [5, 5.41) is 8.78. The molecule has 0 amide bonds. The Morgan fingerprint density at radius 1 is 1.64 bits per heavy atom. The first-order valence-corrected chi connectivity index (χ1v) is 5.87. The van der Waals surface area contributed by atoms with E-state index >= 15 is 0 Å². The molecule has 14 heavy (non-hydrogen) atoms. The van der Waals surface area contributed by atoms with E-state index in [0.717, 1.165) is 0 Å². The van der Waals surface area contributed by atoms with Crippen LogP contribution < -0.4 is 0 Å². The predicted octanol–water partition coefficient (Wildman–Crippen LogP) is 0.955. The number of aryl methyl sites for hydroxylation is 1. The summed E-state index contributed by atoms with van der Waals surface area (Å²) in [7, 11) is -0.847. The minimum absolute atomic E-state index is 0.248. The van der Waals surface area contributed by atoms with E-state index in [0.29, 0.717) is 18.1 Å². The second kappa shape index (κ2) is 4.95. The Morgan fingerprint density at radius 2 is 2.36 bits per heavy atom. The Kier molecular flexibility index (Phi) is 3.88. The third-order valence-electron chi connectivity index (χ3n) is 1.93. The lowest BCUT2D eigenvalue weighted by Gasteiger charge is -2.04. The Balaban J connectivity index is 2.63. The molecule has 0 aromatic carbocycles. The van der Waals surface area contributed by atoms with Crippen molar-refractivity contribution >= 4 is 16.8 Å². The number of hydrogen-bond acceptors (Lipinski definition) is 2. The summed E-state index contributed by atoms with van der Waals surface area (Å²) in [6.45, 7) is 2.35. The molecule has 4 nitrogen and oxygen atoms in total. The maximum Gasteiger partial charge on any atom is 0.352 e. The van der Waals surface area contributed by atoms with E-state index in [9.17, 15) is 9.00 Å². The SMILES string of the molecule is CCS(=O)CCn1cccc1C(=O)O. The predicted molar refractivity (Wildman–Crippen MR) is 54.9 cm³/mol. The molecule has 0 saturated carbocycles. The van der Waals surface area contributed by atoms with Gasteiger partial charge in [0.1, 0.15) is 5.69 Å². The average molecular weight is 215 g/mol. The number of carbonyl (C=O) groups is 1. The van der Waals surface area contributed by atoms with E-state index in [2.05, 4.69) is 0 Å². The minimum atomic E-state index is -0.947. The van der Waals surface area contributed by atoms with Crippen LogP contribution in [-0.2, 0) is 17.3 Å². The first-order chi connectivity index (χ1) is 6.65. The molecular weight excluding hydrogens is 202 g/mol. The molecule has 1 atom stereocenters. The Morgan fingerprint density at radius 3 is 2.93 bits per heavy atom. The highest BCUT2D eigenvalue weighted by Crippen LogP contribution is 2.02. The summed E-state index contributed by atoms with van der Waals surface area (Å²) in [6, 6.07) is 3.22. The fraction of sp³-hybridized carbons (Fsp3) is 0.444. The van der Waals surface area contributed by atoms with Gasteiger partial charge in [0.2, 0.25) is 0 Å². The zero-order chi connectivity index (χ0) is 10.6. The second-order valence-corrected chi connectivity index (χ2v) is 4.69. The fourth-order valence-corrected chi connectivity index (χ4v) is 1.84. The van der Waals surface area contributed by atoms with Crippen molar-refractivity contribution in [3.63, 3.8) is 0 Å². The van der Waals surface area contributed by atoms with Gasteiger partial charge in [-0.15, -0.1) is 0 Å². The van der Waals surface area contributed by atoms with Crippen LogP contribution in [0.2, 0.25) is 0 Å². The van der Waals surface area contributed by atoms with Crippen LogP contribution in [0.5, 0.6) is 0 Å². The first-order valence-electron chi connectivity index (χ1n) is 4.38. The van der Waals surface area contributed by atoms with Gasteiger partial charge in [0.15, 0.2) is 0 Å². The third-order valence-corrected chi connectivity index (χ3v) is 3.21. The summed E-state index contributed by atoms with van der Waals surface area (Å²) in [4.78, 5) is 10.7. The van der Waals surface area contributed by atoms with Gasteiger partial charge in [0, 0.05) is 35.0 Å². The van der Waals surface area contributed by atoms with Crippen LogP contribution in [0.25, 0.3) is 0 Å². The molecule has 1 aromatic rings. The molecule has 1 aromatic heterocycles. The monoisotopic (exact) mass is 215 g/mol. The lowest BCUT2D eigenvalue weighted by Crippen LogP contribution is -2.13. The van der Waals surface area contributed by atoms with Gasteiger partial charge in [0.05, 0.1) is 0 Å². The summed E-state index contributed by atoms with van der Waals surface area (Å²) in [5.74, 6) is 0.173. The van der Waals surface area contributed by atoms with Crippen LogP contribution in [0.1, 0.15) is 17.4 Å². The smallest absolute Gasteiger partial charge is 0.352 e. The highest BCUT2D eigenvalue weighted by Gasteiger charge is 2.08. The molecule has 5 heteroatoms. The van der Waals surface area contributed by atoms with Crippen molar-refractivity contribution in [2.75, 3.05) is 11.5 Å². The Bertz CT molecular complexity index is 346. The van der Waals surface area contributed by atoms with Crippen molar-refractivity contribution in [2.45, 2.75) is 13.5 Å². The van der Waals surface area contributed by atoms with Gasteiger partial charge in [-0.3, -0.25) is 4.21 Å². The van der Waals surface area contributed by atoms with Crippen molar-refractivity contribution in [2.24, 2.45) is 0 Å². The molecule has 0 radical (unpaired) electrons. The van der Waals surface area contributed by atoms with E-state index in [4.69, 9.17) is 5.11 Å². The highest BCUT2D eigenvalue weighted by molar-refractivity contribution is 7.84. The van der Waals surface area contributed by atoms with Crippen molar-refractivity contribution in [3.8, 4) is 0 Å². The molecule has 0 fully saturated rings. The van der Waals surface area contributed by atoms with Gasteiger partial charge in [-0.1, -0.05) is 6.92 Å². The maximum atomic E-state index is 11.1. The van der Waals surface area contributed by atoms with E-state index in [1.54, 1.807) is 16.8 Å². The number of carboxylic acid groups (broad SMARTS) is 1. The number of aromatic nitrogens is 1. The standard InChI is InChI=1S/C9H13NO3S/c1-2-14(13)7-6-10-5-3-4-8(10)9(11)12/h3-5H,2,6-7H2,1H3,(H,11,12). The first kappa shape index (κ1) is 11.0. The topological polar surface area (TPSA) is 59.3 Å². The lowest BCUT2D eigenvalue weighted by atomic mass is 10.4. The van der Waals surface area contributed by atoms with Gasteiger partial charge < -0.3 is 9.67 Å². The maximum absolute atomic E-state index is 11.1. The number of carboxylic acids is 1. The molecule has 1 heterocycles. The molecule has 78 valence electrons. The minimum Gasteiger partial charge on any atom is -0.477 e. The Labute approximate surface area is 85.0 Å². The van der Waals surface area contributed by atoms with Crippen molar-refractivity contribution < 1.29 is 14.1 Å². The van der Waals surface area contributed by atoms with Crippen LogP contribution >= 0.6 is 0 Å². The molecule has 0 aliphatic rings. The third kappa shape index (κ3) is 2.70. The van der Waals surface area contributed by atoms with E-state index in [1.165, 1.54) is 6.07 Å². The zero-order valence-corrected chi connectivity index (χ0v) is 8.79. The van der Waals surface area contributed by atoms with Gasteiger partial charge in [-0.25, -0.2) is 4.79 Å². The molecule has 1 N–H and O–H groups in total. The highest BCUT2D eigenvalue weighted by atomic mass is 32.2. The number of rotatable bonds is 5.